The van der Waals surface area contributed by atoms with Gasteiger partial charge in [0.15, 0.2) is 5.13 Å². The van der Waals surface area contributed by atoms with Gasteiger partial charge in [-0.25, -0.2) is 9.37 Å². The number of rotatable bonds is 6. The number of aromatic nitrogens is 1. The first-order chi connectivity index (χ1) is 12.9. The quantitative estimate of drug-likeness (QED) is 0.755. The highest BCUT2D eigenvalue weighted by Gasteiger charge is 2.41. The molecule has 1 saturated heterocycles. The Morgan fingerprint density at radius 3 is 2.74 bits per heavy atom. The molecular weight excluding hydrogens is 375 g/mol. The van der Waals surface area contributed by atoms with Gasteiger partial charge >= 0.3 is 0 Å². The molecule has 2 heterocycles. The van der Waals surface area contributed by atoms with Crippen molar-refractivity contribution < 1.29 is 23.5 Å². The van der Waals surface area contributed by atoms with E-state index in [2.05, 4.69) is 4.98 Å². The van der Waals surface area contributed by atoms with Crippen molar-refractivity contribution in [3.63, 3.8) is 0 Å². The summed E-state index contributed by atoms with van der Waals surface area (Å²) in [5, 5.41) is 1.88. The molecule has 10 heteroatoms. The van der Waals surface area contributed by atoms with E-state index in [4.69, 9.17) is 20.9 Å². The van der Waals surface area contributed by atoms with Crippen LogP contribution >= 0.6 is 11.3 Å². The van der Waals surface area contributed by atoms with Gasteiger partial charge in [-0.3, -0.25) is 9.59 Å². The van der Waals surface area contributed by atoms with Crippen molar-refractivity contribution in [1.29, 1.82) is 0 Å². The topological polar surface area (TPSA) is 121 Å². The Labute approximate surface area is 158 Å². The number of hydrogen-bond donors (Lipinski definition) is 2. The highest BCUT2D eigenvalue weighted by molar-refractivity contribution is 7.13. The van der Waals surface area contributed by atoms with Crippen LogP contribution in [0.3, 0.4) is 0 Å². The van der Waals surface area contributed by atoms with Crippen LogP contribution in [0.1, 0.15) is 16.9 Å². The number of halogens is 1. The number of nitrogens with two attached hydrogens (primary N) is 2. The van der Waals surface area contributed by atoms with Crippen LogP contribution in [0, 0.1) is 5.82 Å². The zero-order chi connectivity index (χ0) is 19.4. The van der Waals surface area contributed by atoms with Crippen molar-refractivity contribution in [2.45, 2.75) is 12.0 Å². The number of hydrogen-bond acceptors (Lipinski definition) is 7. The number of nitrogen functional groups attached to an aromatic ring is 1. The number of nitrogens with zero attached hydrogens (tertiary/aromatic N) is 2. The molecule has 8 nitrogen and oxygen atoms in total. The summed E-state index contributed by atoms with van der Waals surface area (Å²) < 4.78 is 24.5. The van der Waals surface area contributed by atoms with Crippen LogP contribution < -0.4 is 16.2 Å². The molecule has 3 rings (SSSR count). The summed E-state index contributed by atoms with van der Waals surface area (Å²) >= 11 is 1.17. The highest BCUT2D eigenvalue weighted by atomic mass is 32.1. The van der Waals surface area contributed by atoms with Crippen LogP contribution in [0.4, 0.5) is 9.52 Å². The minimum absolute atomic E-state index is 0.0233. The molecule has 1 unspecified atom stereocenters. The average molecular weight is 394 g/mol. The van der Waals surface area contributed by atoms with Crippen molar-refractivity contribution in [3.05, 3.63) is 41.2 Å². The van der Waals surface area contributed by atoms with Crippen LogP contribution in [0.2, 0.25) is 0 Å². The minimum atomic E-state index is -1.10. The fourth-order valence-electron chi connectivity index (χ4n) is 2.87. The smallest absolute Gasteiger partial charge is 0.273 e. The van der Waals surface area contributed by atoms with E-state index in [1.54, 1.807) is 5.38 Å². The van der Waals surface area contributed by atoms with Crippen molar-refractivity contribution >= 4 is 28.3 Å². The molecule has 1 fully saturated rings. The zero-order valence-electron chi connectivity index (χ0n) is 14.4. The Bertz CT molecular complexity index is 829. The molecule has 0 spiro atoms. The summed E-state index contributed by atoms with van der Waals surface area (Å²) in [6.07, 6.45) is -0.128. The van der Waals surface area contributed by atoms with E-state index in [0.717, 1.165) is 0 Å². The maximum atomic E-state index is 13.0. The fraction of sp³-hybridized carbons (Fsp3) is 0.353. The third kappa shape index (κ3) is 4.72. The molecule has 27 heavy (non-hydrogen) atoms. The van der Waals surface area contributed by atoms with Crippen molar-refractivity contribution in [2.24, 2.45) is 5.73 Å². The van der Waals surface area contributed by atoms with Crippen molar-refractivity contribution in [3.8, 4) is 5.75 Å². The van der Waals surface area contributed by atoms with Crippen LogP contribution in [-0.4, -0.2) is 53.6 Å². The number of anilines is 1. The Hall–Kier alpha value is -2.72. The number of carbonyl (C=O) groups excluding carboxylic acids is 2. The monoisotopic (exact) mass is 394 g/mol. The standard InChI is InChI=1S/C17H19FN4O4S/c18-11-1-3-12(4-2-11)25-10-17(7-14(19)23)9-22(5-6-26-17)15(24)13-8-27-16(20)21-13/h1-4,8H,5-7,9-10H2,(H2,19,23)(H2,20,21). The predicted octanol–water partition coefficient (Wildman–Crippen LogP) is 1.03. The van der Waals surface area contributed by atoms with Gasteiger partial charge in [0.1, 0.15) is 29.5 Å². The van der Waals surface area contributed by atoms with Crippen LogP contribution in [0.15, 0.2) is 29.6 Å². The van der Waals surface area contributed by atoms with Crippen LogP contribution in [0.5, 0.6) is 5.75 Å². The summed E-state index contributed by atoms with van der Waals surface area (Å²) in [6, 6.07) is 5.47. The molecule has 0 radical (unpaired) electrons. The minimum Gasteiger partial charge on any atom is -0.490 e. The lowest BCUT2D eigenvalue weighted by atomic mass is 9.97. The molecule has 1 aliphatic heterocycles. The van der Waals surface area contributed by atoms with Gasteiger partial charge < -0.3 is 25.8 Å². The molecule has 144 valence electrons. The van der Waals surface area contributed by atoms with Crippen LogP contribution in [0.25, 0.3) is 0 Å². The second-order valence-electron chi connectivity index (χ2n) is 6.21. The Kier molecular flexibility index (Phi) is 5.57. The molecule has 2 amide bonds. The summed E-state index contributed by atoms with van der Waals surface area (Å²) in [6.45, 7) is 0.636. The van der Waals surface area contributed by atoms with Gasteiger partial charge in [-0.05, 0) is 24.3 Å². The number of carbonyl (C=O) groups is 2. The molecule has 4 N–H and O–H groups in total. The van der Waals surface area contributed by atoms with Gasteiger partial charge in [-0.2, -0.15) is 0 Å². The number of amides is 2. The second-order valence-corrected chi connectivity index (χ2v) is 7.10. The first-order valence-corrected chi connectivity index (χ1v) is 9.06. The largest absolute Gasteiger partial charge is 0.490 e. The third-order valence-corrected chi connectivity index (χ3v) is 4.76. The van der Waals surface area contributed by atoms with Gasteiger partial charge in [-0.15, -0.1) is 11.3 Å². The lowest BCUT2D eigenvalue weighted by Gasteiger charge is -2.41. The molecule has 0 aliphatic carbocycles. The van der Waals surface area contributed by atoms with E-state index < -0.39 is 11.5 Å². The van der Waals surface area contributed by atoms with Crippen molar-refractivity contribution in [1.82, 2.24) is 9.88 Å². The molecular formula is C17H19FN4O4S. The van der Waals surface area contributed by atoms with Gasteiger partial charge in [0.25, 0.3) is 5.91 Å². The first-order valence-electron chi connectivity index (χ1n) is 8.18. The van der Waals surface area contributed by atoms with E-state index >= 15 is 0 Å². The van der Waals surface area contributed by atoms with E-state index in [1.165, 1.54) is 40.5 Å². The van der Waals surface area contributed by atoms with Gasteiger partial charge in [-0.1, -0.05) is 0 Å². The molecule has 0 bridgehead atoms. The number of thiazole rings is 1. The van der Waals surface area contributed by atoms with Crippen molar-refractivity contribution in [2.75, 3.05) is 32.0 Å². The first kappa shape index (κ1) is 19.1. The number of benzene rings is 1. The van der Waals surface area contributed by atoms with E-state index in [9.17, 15) is 14.0 Å². The molecule has 1 aromatic carbocycles. The summed E-state index contributed by atoms with van der Waals surface area (Å²) in [7, 11) is 0. The maximum absolute atomic E-state index is 13.0. The molecule has 2 aromatic rings. The zero-order valence-corrected chi connectivity index (χ0v) is 15.2. The Morgan fingerprint density at radius 1 is 1.37 bits per heavy atom. The Balaban J connectivity index is 1.74. The average Bonchev–Trinajstić information content (AvgIpc) is 3.07. The van der Waals surface area contributed by atoms with E-state index in [1.807, 2.05) is 0 Å². The molecule has 0 saturated carbocycles. The SMILES string of the molecule is NC(=O)CC1(COc2ccc(F)cc2)CN(C(=O)c2csc(N)n2)CCO1. The fourth-order valence-corrected chi connectivity index (χ4v) is 3.41. The molecule has 1 aliphatic rings. The summed E-state index contributed by atoms with van der Waals surface area (Å²) in [5.41, 5.74) is 10.1. The summed E-state index contributed by atoms with van der Waals surface area (Å²) in [4.78, 5) is 29.8. The molecule has 1 aromatic heterocycles. The predicted molar refractivity (Wildman–Crippen MR) is 96.8 cm³/mol. The lowest BCUT2D eigenvalue weighted by Crippen LogP contribution is -2.58. The van der Waals surface area contributed by atoms with Gasteiger partial charge in [0.2, 0.25) is 5.91 Å². The summed E-state index contributed by atoms with van der Waals surface area (Å²) in [5.74, 6) is -0.853. The maximum Gasteiger partial charge on any atom is 0.273 e. The molecule has 1 atom stereocenters. The highest BCUT2D eigenvalue weighted by Crippen LogP contribution is 2.26. The number of ether oxygens (including phenoxy) is 2. The number of primary amides is 1. The number of morpholine rings is 1. The van der Waals surface area contributed by atoms with E-state index in [-0.39, 0.29) is 43.6 Å². The van der Waals surface area contributed by atoms with Crippen LogP contribution in [-0.2, 0) is 9.53 Å². The Morgan fingerprint density at radius 2 is 2.11 bits per heavy atom. The lowest BCUT2D eigenvalue weighted by molar-refractivity contribution is -0.142. The van der Waals surface area contributed by atoms with Gasteiger partial charge in [0, 0.05) is 11.9 Å². The normalized spacial score (nSPS) is 19.7. The second kappa shape index (κ2) is 7.89. The van der Waals surface area contributed by atoms with E-state index in [0.29, 0.717) is 17.4 Å². The third-order valence-electron chi connectivity index (χ3n) is 4.09. The van der Waals surface area contributed by atoms with Gasteiger partial charge in [0.05, 0.1) is 19.6 Å².